The van der Waals surface area contributed by atoms with E-state index in [9.17, 15) is 5.11 Å². The van der Waals surface area contributed by atoms with E-state index in [-0.39, 0.29) is 6.61 Å². The minimum atomic E-state index is 0.266. The first-order valence-corrected chi connectivity index (χ1v) is 8.57. The Hall–Kier alpha value is -1.72. The number of benzene rings is 1. The first-order chi connectivity index (χ1) is 11.3. The van der Waals surface area contributed by atoms with Crippen molar-refractivity contribution in [2.45, 2.75) is 38.8 Å². The predicted octanol–water partition coefficient (Wildman–Crippen LogP) is 2.17. The molecule has 2 heterocycles. The van der Waals surface area contributed by atoms with Crippen LogP contribution in [0.2, 0.25) is 0 Å². The van der Waals surface area contributed by atoms with Gasteiger partial charge in [0.15, 0.2) is 0 Å². The van der Waals surface area contributed by atoms with Gasteiger partial charge in [-0.2, -0.15) is 15.0 Å². The molecule has 5 nitrogen and oxygen atoms in total. The average molecular weight is 312 g/mol. The second kappa shape index (κ2) is 6.06. The number of aromatic nitrogens is 3. The Balaban J connectivity index is 1.62. The molecule has 0 amide bonds. The van der Waals surface area contributed by atoms with Gasteiger partial charge in [-0.15, -0.1) is 0 Å². The molecule has 3 unspecified atom stereocenters. The van der Waals surface area contributed by atoms with Gasteiger partial charge in [-0.05, 0) is 43.2 Å². The van der Waals surface area contributed by atoms with Crippen LogP contribution in [0.3, 0.4) is 0 Å². The average Bonchev–Trinajstić information content (AvgIpc) is 3.23. The minimum Gasteiger partial charge on any atom is -0.395 e. The molecule has 0 bridgehead atoms. The van der Waals surface area contributed by atoms with Crippen molar-refractivity contribution in [1.82, 2.24) is 19.9 Å². The van der Waals surface area contributed by atoms with Crippen molar-refractivity contribution in [3.8, 4) is 5.69 Å². The standard InChI is InChI=1S/C18H24N4O/c1-13-5-6-17(22-19-7-8-20-22)15(9-13)11-21-10-14-3-2-4-16(14)18(21)12-23/h5-9,14,16,18,23H,2-4,10-12H2,1H3. The lowest BCUT2D eigenvalue weighted by Gasteiger charge is -2.27. The number of fused-ring (bicyclic) bond motifs is 1. The van der Waals surface area contributed by atoms with E-state index >= 15 is 0 Å². The highest BCUT2D eigenvalue weighted by molar-refractivity contribution is 5.42. The Bertz CT molecular complexity index is 670. The SMILES string of the molecule is Cc1ccc(-n2nccn2)c(CN2CC3CCCC3C2CO)c1. The largest absolute Gasteiger partial charge is 0.395 e. The smallest absolute Gasteiger partial charge is 0.0901 e. The van der Waals surface area contributed by atoms with Gasteiger partial charge in [-0.1, -0.05) is 24.1 Å². The van der Waals surface area contributed by atoms with Crippen molar-refractivity contribution in [1.29, 1.82) is 0 Å². The number of hydrogen-bond donors (Lipinski definition) is 1. The molecule has 1 aromatic carbocycles. The van der Waals surface area contributed by atoms with Crippen LogP contribution in [0.15, 0.2) is 30.6 Å². The molecule has 1 aliphatic heterocycles. The van der Waals surface area contributed by atoms with Crippen molar-refractivity contribution in [3.05, 3.63) is 41.7 Å². The fourth-order valence-electron chi connectivity index (χ4n) is 4.53. The van der Waals surface area contributed by atoms with E-state index in [1.165, 1.54) is 30.4 Å². The van der Waals surface area contributed by atoms with Crippen LogP contribution in [0.1, 0.15) is 30.4 Å². The number of hydrogen-bond acceptors (Lipinski definition) is 4. The maximum Gasteiger partial charge on any atom is 0.0901 e. The highest BCUT2D eigenvalue weighted by atomic mass is 16.3. The third-order valence-corrected chi connectivity index (χ3v) is 5.58. The van der Waals surface area contributed by atoms with E-state index in [4.69, 9.17) is 0 Å². The van der Waals surface area contributed by atoms with E-state index in [0.29, 0.717) is 12.0 Å². The molecule has 2 aliphatic rings. The van der Waals surface area contributed by atoms with Gasteiger partial charge >= 0.3 is 0 Å². The quantitative estimate of drug-likeness (QED) is 0.940. The van der Waals surface area contributed by atoms with Crippen LogP contribution in [0.4, 0.5) is 0 Å². The lowest BCUT2D eigenvalue weighted by Crippen LogP contribution is -2.35. The summed E-state index contributed by atoms with van der Waals surface area (Å²) < 4.78 is 0. The van der Waals surface area contributed by atoms with Crippen molar-refractivity contribution in [2.75, 3.05) is 13.2 Å². The molecule has 1 saturated heterocycles. The molecule has 0 spiro atoms. The van der Waals surface area contributed by atoms with E-state index in [1.54, 1.807) is 17.2 Å². The van der Waals surface area contributed by atoms with Crippen LogP contribution >= 0.6 is 0 Å². The second-order valence-electron chi connectivity index (χ2n) is 6.98. The first kappa shape index (κ1) is 14.8. The predicted molar refractivity (Wildman–Crippen MR) is 88.2 cm³/mol. The molecule has 1 N–H and O–H groups in total. The van der Waals surface area contributed by atoms with Gasteiger partial charge in [-0.3, -0.25) is 4.90 Å². The molecule has 4 rings (SSSR count). The van der Waals surface area contributed by atoms with Crippen LogP contribution in [0.25, 0.3) is 5.69 Å². The van der Waals surface area contributed by atoms with Gasteiger partial charge in [0.2, 0.25) is 0 Å². The van der Waals surface area contributed by atoms with Gasteiger partial charge in [0.25, 0.3) is 0 Å². The number of aliphatic hydroxyl groups is 1. The van der Waals surface area contributed by atoms with Crippen LogP contribution < -0.4 is 0 Å². The Labute approximate surface area is 136 Å². The van der Waals surface area contributed by atoms with Crippen LogP contribution in [-0.2, 0) is 6.54 Å². The lowest BCUT2D eigenvalue weighted by molar-refractivity contribution is 0.128. The molecule has 5 heteroatoms. The molecular formula is C18H24N4O. The zero-order chi connectivity index (χ0) is 15.8. The normalized spacial score (nSPS) is 27.5. The third kappa shape index (κ3) is 2.68. The molecule has 23 heavy (non-hydrogen) atoms. The summed E-state index contributed by atoms with van der Waals surface area (Å²) in [5.41, 5.74) is 3.52. The van der Waals surface area contributed by atoms with Crippen molar-refractivity contribution in [3.63, 3.8) is 0 Å². The summed E-state index contributed by atoms with van der Waals surface area (Å²) >= 11 is 0. The Morgan fingerprint density at radius 2 is 2.04 bits per heavy atom. The van der Waals surface area contributed by atoms with E-state index in [2.05, 4.69) is 40.2 Å². The van der Waals surface area contributed by atoms with Crippen LogP contribution in [0.5, 0.6) is 0 Å². The molecule has 1 aromatic heterocycles. The van der Waals surface area contributed by atoms with Crippen molar-refractivity contribution in [2.24, 2.45) is 11.8 Å². The summed E-state index contributed by atoms with van der Waals surface area (Å²) in [5.74, 6) is 1.44. The number of rotatable bonds is 4. The number of aryl methyl sites for hydroxylation is 1. The lowest BCUT2D eigenvalue weighted by atomic mass is 9.94. The van der Waals surface area contributed by atoms with Gasteiger partial charge < -0.3 is 5.11 Å². The zero-order valence-corrected chi connectivity index (χ0v) is 13.6. The molecule has 3 atom stereocenters. The first-order valence-electron chi connectivity index (χ1n) is 8.57. The summed E-state index contributed by atoms with van der Waals surface area (Å²) in [6.45, 7) is 4.35. The Morgan fingerprint density at radius 3 is 2.83 bits per heavy atom. The summed E-state index contributed by atoms with van der Waals surface area (Å²) in [5, 5.41) is 18.5. The number of aliphatic hydroxyl groups excluding tert-OH is 1. The van der Waals surface area contributed by atoms with E-state index < -0.39 is 0 Å². The summed E-state index contributed by atoms with van der Waals surface area (Å²) in [7, 11) is 0. The monoisotopic (exact) mass is 312 g/mol. The van der Waals surface area contributed by atoms with Gasteiger partial charge in [-0.25, -0.2) is 0 Å². The minimum absolute atomic E-state index is 0.266. The van der Waals surface area contributed by atoms with Crippen molar-refractivity contribution < 1.29 is 5.11 Å². The summed E-state index contributed by atoms with van der Waals surface area (Å²) in [6, 6.07) is 6.72. The summed E-state index contributed by atoms with van der Waals surface area (Å²) in [6.07, 6.45) is 7.33. The fourth-order valence-corrected chi connectivity index (χ4v) is 4.53. The maximum atomic E-state index is 9.90. The molecule has 2 fully saturated rings. The molecule has 1 saturated carbocycles. The Kier molecular flexibility index (Phi) is 3.91. The molecule has 1 aliphatic carbocycles. The molecular weight excluding hydrogens is 288 g/mol. The zero-order valence-electron chi connectivity index (χ0n) is 13.6. The highest BCUT2D eigenvalue weighted by Crippen LogP contribution is 2.42. The molecule has 2 aromatic rings. The number of nitrogens with zero attached hydrogens (tertiary/aromatic N) is 4. The van der Waals surface area contributed by atoms with Gasteiger partial charge in [0.1, 0.15) is 0 Å². The van der Waals surface area contributed by atoms with E-state index in [0.717, 1.165) is 24.7 Å². The highest BCUT2D eigenvalue weighted by Gasteiger charge is 2.43. The van der Waals surface area contributed by atoms with Gasteiger partial charge in [0.05, 0.1) is 24.7 Å². The maximum absolute atomic E-state index is 9.90. The van der Waals surface area contributed by atoms with Crippen LogP contribution in [-0.4, -0.2) is 44.2 Å². The van der Waals surface area contributed by atoms with Crippen molar-refractivity contribution >= 4 is 0 Å². The van der Waals surface area contributed by atoms with E-state index in [1.807, 2.05) is 0 Å². The fraction of sp³-hybridized carbons (Fsp3) is 0.556. The number of likely N-dealkylation sites (tertiary alicyclic amines) is 1. The van der Waals surface area contributed by atoms with Crippen LogP contribution in [0, 0.1) is 18.8 Å². The molecule has 122 valence electrons. The topological polar surface area (TPSA) is 54.2 Å². The third-order valence-electron chi connectivity index (χ3n) is 5.58. The second-order valence-corrected chi connectivity index (χ2v) is 6.98. The molecule has 0 radical (unpaired) electrons. The summed E-state index contributed by atoms with van der Waals surface area (Å²) in [4.78, 5) is 4.16. The van der Waals surface area contributed by atoms with Gasteiger partial charge in [0, 0.05) is 19.1 Å². The Morgan fingerprint density at radius 1 is 1.22 bits per heavy atom.